The van der Waals surface area contributed by atoms with Crippen molar-refractivity contribution >= 4 is 17.6 Å². The third kappa shape index (κ3) is 4.64. The quantitative estimate of drug-likeness (QED) is 0.457. The number of hydrogen-bond donors (Lipinski definition) is 1. The molecule has 0 aliphatic heterocycles. The summed E-state index contributed by atoms with van der Waals surface area (Å²) in [7, 11) is 0. The molecule has 2 aromatic rings. The highest BCUT2D eigenvalue weighted by Crippen LogP contribution is 2.22. The first kappa shape index (κ1) is 18.6. The maximum absolute atomic E-state index is 10.7. The molecule has 0 saturated carbocycles. The van der Waals surface area contributed by atoms with Gasteiger partial charge in [-0.05, 0) is 62.1 Å². The average Bonchev–Trinajstić information content (AvgIpc) is 2.58. The molecule has 0 radical (unpaired) electrons. The maximum atomic E-state index is 10.7. The summed E-state index contributed by atoms with van der Waals surface area (Å²) in [5.74, 6) is 0. The van der Waals surface area contributed by atoms with Crippen LogP contribution in [0.5, 0.6) is 0 Å². The predicted octanol–water partition coefficient (Wildman–Crippen LogP) is 4.50. The molecule has 0 amide bonds. The normalized spacial score (nSPS) is 11.0. The fraction of sp³-hybridized carbons (Fsp3) is 0.316. The SMILES string of the molecule is CCOCc1c(C)cc(C)c(/C=N\Nc2ccc([N+](=O)[O-])cc2)c1C. The minimum atomic E-state index is -0.425. The fourth-order valence-corrected chi connectivity index (χ4v) is 2.70. The predicted molar refractivity (Wildman–Crippen MR) is 100 cm³/mol. The van der Waals surface area contributed by atoms with Crippen LogP contribution in [0.1, 0.15) is 34.7 Å². The molecule has 0 atom stereocenters. The monoisotopic (exact) mass is 341 g/mol. The van der Waals surface area contributed by atoms with Crippen LogP contribution < -0.4 is 5.43 Å². The molecule has 0 saturated heterocycles. The van der Waals surface area contributed by atoms with E-state index in [1.165, 1.54) is 23.3 Å². The summed E-state index contributed by atoms with van der Waals surface area (Å²) >= 11 is 0. The lowest BCUT2D eigenvalue weighted by atomic mass is 9.94. The lowest BCUT2D eigenvalue weighted by molar-refractivity contribution is -0.384. The van der Waals surface area contributed by atoms with Gasteiger partial charge in [0.1, 0.15) is 0 Å². The van der Waals surface area contributed by atoms with Crippen molar-refractivity contribution < 1.29 is 9.66 Å². The van der Waals surface area contributed by atoms with Crippen LogP contribution in [0.25, 0.3) is 0 Å². The van der Waals surface area contributed by atoms with Crippen molar-refractivity contribution in [2.45, 2.75) is 34.3 Å². The number of nitro benzene ring substituents is 1. The van der Waals surface area contributed by atoms with Gasteiger partial charge in [-0.1, -0.05) is 6.07 Å². The number of hydrazone groups is 1. The van der Waals surface area contributed by atoms with Crippen molar-refractivity contribution in [1.29, 1.82) is 0 Å². The number of benzene rings is 2. The van der Waals surface area contributed by atoms with Gasteiger partial charge in [-0.15, -0.1) is 0 Å². The minimum Gasteiger partial charge on any atom is -0.377 e. The summed E-state index contributed by atoms with van der Waals surface area (Å²) in [5, 5.41) is 14.9. The van der Waals surface area contributed by atoms with Gasteiger partial charge in [0, 0.05) is 24.3 Å². The highest BCUT2D eigenvalue weighted by molar-refractivity contribution is 5.85. The van der Waals surface area contributed by atoms with Gasteiger partial charge in [-0.3, -0.25) is 15.5 Å². The molecule has 25 heavy (non-hydrogen) atoms. The molecule has 0 aliphatic rings. The first-order chi connectivity index (χ1) is 11.9. The van der Waals surface area contributed by atoms with E-state index in [0.29, 0.717) is 18.9 Å². The summed E-state index contributed by atoms with van der Waals surface area (Å²) in [4.78, 5) is 10.2. The third-order valence-electron chi connectivity index (χ3n) is 4.11. The van der Waals surface area contributed by atoms with Crippen molar-refractivity contribution in [2.75, 3.05) is 12.0 Å². The first-order valence-electron chi connectivity index (χ1n) is 8.15. The second-order valence-corrected chi connectivity index (χ2v) is 5.84. The summed E-state index contributed by atoms with van der Waals surface area (Å²) in [6.45, 7) is 9.46. The smallest absolute Gasteiger partial charge is 0.269 e. The van der Waals surface area contributed by atoms with Gasteiger partial charge in [-0.2, -0.15) is 5.10 Å². The lowest BCUT2D eigenvalue weighted by Crippen LogP contribution is -2.04. The zero-order chi connectivity index (χ0) is 18.4. The van der Waals surface area contributed by atoms with Gasteiger partial charge in [0.05, 0.1) is 23.4 Å². The summed E-state index contributed by atoms with van der Waals surface area (Å²) in [6, 6.07) is 8.28. The second kappa shape index (κ2) is 8.39. The second-order valence-electron chi connectivity index (χ2n) is 5.84. The van der Waals surface area contributed by atoms with Gasteiger partial charge in [0.15, 0.2) is 0 Å². The molecular formula is C19H23N3O3. The Labute approximate surface area is 147 Å². The number of anilines is 1. The third-order valence-corrected chi connectivity index (χ3v) is 4.11. The van der Waals surface area contributed by atoms with E-state index in [1.807, 2.05) is 6.92 Å². The molecule has 0 unspecified atom stereocenters. The minimum absolute atomic E-state index is 0.0559. The Kier molecular flexibility index (Phi) is 6.25. The molecule has 2 rings (SSSR count). The number of nitro groups is 1. The zero-order valence-corrected chi connectivity index (χ0v) is 15.0. The number of nitrogens with one attached hydrogen (secondary N) is 1. The van der Waals surface area contributed by atoms with Crippen LogP contribution in [-0.4, -0.2) is 17.7 Å². The van der Waals surface area contributed by atoms with E-state index in [9.17, 15) is 10.1 Å². The van der Waals surface area contributed by atoms with Crippen LogP contribution in [0.2, 0.25) is 0 Å². The molecular weight excluding hydrogens is 318 g/mol. The van der Waals surface area contributed by atoms with Crippen LogP contribution in [0.15, 0.2) is 35.4 Å². The van der Waals surface area contributed by atoms with Gasteiger partial charge in [-0.25, -0.2) is 0 Å². The topological polar surface area (TPSA) is 76.8 Å². The van der Waals surface area contributed by atoms with Crippen LogP contribution in [0.4, 0.5) is 11.4 Å². The Morgan fingerprint density at radius 3 is 2.48 bits per heavy atom. The molecule has 0 heterocycles. The average molecular weight is 341 g/mol. The number of ether oxygens (including phenoxy) is 1. The van der Waals surface area contributed by atoms with E-state index in [2.05, 4.69) is 37.4 Å². The highest BCUT2D eigenvalue weighted by atomic mass is 16.6. The van der Waals surface area contributed by atoms with Crippen molar-refractivity contribution in [2.24, 2.45) is 5.10 Å². The summed E-state index contributed by atoms with van der Waals surface area (Å²) in [5.41, 5.74) is 9.40. The molecule has 6 nitrogen and oxygen atoms in total. The molecule has 0 spiro atoms. The maximum Gasteiger partial charge on any atom is 0.269 e. The lowest BCUT2D eigenvalue weighted by Gasteiger charge is -2.15. The molecule has 0 aromatic heterocycles. The largest absolute Gasteiger partial charge is 0.377 e. The van der Waals surface area contributed by atoms with Crippen molar-refractivity contribution in [3.63, 3.8) is 0 Å². The Bertz CT molecular complexity index is 783. The van der Waals surface area contributed by atoms with E-state index in [-0.39, 0.29) is 5.69 Å². The van der Waals surface area contributed by atoms with Crippen molar-refractivity contribution in [3.05, 3.63) is 68.3 Å². The molecule has 2 aromatic carbocycles. The molecule has 0 bridgehead atoms. The van der Waals surface area contributed by atoms with E-state index >= 15 is 0 Å². The fourth-order valence-electron chi connectivity index (χ4n) is 2.70. The summed E-state index contributed by atoms with van der Waals surface area (Å²) in [6.07, 6.45) is 1.78. The van der Waals surface area contributed by atoms with Gasteiger partial charge >= 0.3 is 0 Å². The highest BCUT2D eigenvalue weighted by Gasteiger charge is 2.10. The van der Waals surface area contributed by atoms with Gasteiger partial charge in [0.2, 0.25) is 0 Å². The molecule has 0 aliphatic carbocycles. The molecule has 1 N–H and O–H groups in total. The van der Waals surface area contributed by atoms with Crippen LogP contribution in [0.3, 0.4) is 0 Å². The van der Waals surface area contributed by atoms with Crippen LogP contribution in [-0.2, 0) is 11.3 Å². The Morgan fingerprint density at radius 1 is 1.20 bits per heavy atom. The first-order valence-corrected chi connectivity index (χ1v) is 8.15. The van der Waals surface area contributed by atoms with Crippen molar-refractivity contribution in [3.8, 4) is 0 Å². The van der Waals surface area contributed by atoms with Crippen LogP contribution >= 0.6 is 0 Å². The van der Waals surface area contributed by atoms with E-state index in [4.69, 9.17) is 4.74 Å². The number of nitrogens with zero attached hydrogens (tertiary/aromatic N) is 2. The van der Waals surface area contributed by atoms with E-state index in [1.54, 1.807) is 18.3 Å². The number of non-ortho nitro benzene ring substituents is 1. The summed E-state index contributed by atoms with van der Waals surface area (Å²) < 4.78 is 5.57. The molecule has 132 valence electrons. The number of rotatable bonds is 7. The van der Waals surface area contributed by atoms with E-state index in [0.717, 1.165) is 16.7 Å². The van der Waals surface area contributed by atoms with Gasteiger partial charge in [0.25, 0.3) is 5.69 Å². The Hall–Kier alpha value is -2.73. The molecule has 0 fully saturated rings. The van der Waals surface area contributed by atoms with E-state index < -0.39 is 4.92 Å². The van der Waals surface area contributed by atoms with Crippen LogP contribution in [0, 0.1) is 30.9 Å². The Morgan fingerprint density at radius 2 is 1.88 bits per heavy atom. The number of aryl methyl sites for hydroxylation is 2. The standard InChI is InChI=1S/C19H23N3O3/c1-5-25-12-19-14(3)10-13(2)18(15(19)4)11-20-21-16-6-8-17(9-7-16)22(23)24/h6-11,21H,5,12H2,1-4H3/b20-11-. The van der Waals surface area contributed by atoms with Crippen molar-refractivity contribution in [1.82, 2.24) is 0 Å². The number of hydrogen-bond acceptors (Lipinski definition) is 5. The van der Waals surface area contributed by atoms with Gasteiger partial charge < -0.3 is 4.74 Å². The molecule has 6 heteroatoms. The zero-order valence-electron chi connectivity index (χ0n) is 15.0. The Balaban J connectivity index is 2.18.